The van der Waals surface area contributed by atoms with E-state index in [0.29, 0.717) is 5.69 Å². The highest BCUT2D eigenvalue weighted by Crippen LogP contribution is 2.13. The lowest BCUT2D eigenvalue weighted by molar-refractivity contribution is 0.0582. The second kappa shape index (κ2) is 5.33. The van der Waals surface area contributed by atoms with Gasteiger partial charge in [0.25, 0.3) is 0 Å². The smallest absolute Gasteiger partial charge is 0.355 e. The molecule has 4 nitrogen and oxygen atoms in total. The SMILES string of the molecule is COC(=O)c1cc([Si](C)(C)C)c([Si](C)(C)C)n1C(C)=O. The Labute approximate surface area is 123 Å². The minimum atomic E-state index is -1.76. The van der Waals surface area contributed by atoms with E-state index in [4.69, 9.17) is 4.74 Å². The first-order valence-corrected chi connectivity index (χ1v) is 13.8. The molecule has 0 N–H and O–H groups in total. The topological polar surface area (TPSA) is 48.3 Å². The van der Waals surface area contributed by atoms with Gasteiger partial charge in [0.1, 0.15) is 5.69 Å². The zero-order chi connectivity index (χ0) is 15.9. The van der Waals surface area contributed by atoms with Gasteiger partial charge in [-0.2, -0.15) is 0 Å². The molecule has 0 amide bonds. The fourth-order valence-corrected chi connectivity index (χ4v) is 7.87. The van der Waals surface area contributed by atoms with E-state index in [1.54, 1.807) is 4.57 Å². The second-order valence-electron chi connectivity index (χ2n) is 7.14. The Morgan fingerprint density at radius 1 is 1.05 bits per heavy atom. The summed E-state index contributed by atoms with van der Waals surface area (Å²) in [6.07, 6.45) is 0. The van der Waals surface area contributed by atoms with Gasteiger partial charge in [-0.05, 0) is 11.3 Å². The first-order chi connectivity index (χ1) is 8.91. The van der Waals surface area contributed by atoms with Gasteiger partial charge in [0.05, 0.1) is 23.3 Å². The lowest BCUT2D eigenvalue weighted by Crippen LogP contribution is -2.58. The van der Waals surface area contributed by atoms with Crippen LogP contribution in [0.4, 0.5) is 0 Å². The summed E-state index contributed by atoms with van der Waals surface area (Å²) in [5.41, 5.74) is 0.370. The molecule has 0 unspecified atom stereocenters. The average molecular weight is 312 g/mol. The van der Waals surface area contributed by atoms with Crippen LogP contribution < -0.4 is 10.5 Å². The van der Waals surface area contributed by atoms with E-state index in [1.807, 2.05) is 6.07 Å². The van der Waals surface area contributed by atoms with Crippen LogP contribution in [0, 0.1) is 0 Å². The van der Waals surface area contributed by atoms with Gasteiger partial charge in [0.15, 0.2) is 0 Å². The van der Waals surface area contributed by atoms with Crippen molar-refractivity contribution in [1.29, 1.82) is 0 Å². The van der Waals surface area contributed by atoms with Crippen LogP contribution in [0.25, 0.3) is 0 Å². The molecule has 1 aromatic rings. The maximum atomic E-state index is 12.1. The third-order valence-electron chi connectivity index (χ3n) is 3.23. The number of carbonyl (C=O) groups excluding carboxylic acids is 2. The van der Waals surface area contributed by atoms with Gasteiger partial charge in [0, 0.05) is 12.2 Å². The molecule has 0 aliphatic heterocycles. The Bertz CT molecular complexity index is 548. The van der Waals surface area contributed by atoms with E-state index in [9.17, 15) is 9.59 Å². The molecule has 112 valence electrons. The van der Waals surface area contributed by atoms with Crippen LogP contribution in [0.2, 0.25) is 39.3 Å². The molecule has 0 aliphatic rings. The molecule has 0 saturated carbocycles. The number of esters is 1. The Hall–Kier alpha value is -1.15. The first-order valence-electron chi connectivity index (χ1n) is 6.77. The van der Waals surface area contributed by atoms with Crippen molar-refractivity contribution in [1.82, 2.24) is 4.57 Å². The van der Waals surface area contributed by atoms with E-state index >= 15 is 0 Å². The number of hydrogen-bond acceptors (Lipinski definition) is 3. The number of hydrogen-bond donors (Lipinski definition) is 0. The largest absolute Gasteiger partial charge is 0.464 e. The summed E-state index contributed by atoms with van der Waals surface area (Å²) < 4.78 is 6.43. The third-order valence-corrected chi connectivity index (χ3v) is 7.39. The molecule has 0 fully saturated rings. The average Bonchev–Trinajstić information content (AvgIpc) is 2.67. The van der Waals surface area contributed by atoms with Crippen molar-refractivity contribution in [2.24, 2.45) is 0 Å². The minimum absolute atomic E-state index is 0.118. The number of nitrogens with zero attached hydrogens (tertiary/aromatic N) is 1. The molecule has 6 heteroatoms. The van der Waals surface area contributed by atoms with Gasteiger partial charge in [-0.25, -0.2) is 4.79 Å². The summed E-state index contributed by atoms with van der Waals surface area (Å²) in [6.45, 7) is 14.8. The standard InChI is InChI=1S/C14H25NO3Si2/c1-10(16)15-11(14(17)18-2)9-12(19(3,4)5)13(15)20(6,7)8/h9H,1-8H3. The van der Waals surface area contributed by atoms with Crippen molar-refractivity contribution in [3.05, 3.63) is 11.8 Å². The van der Waals surface area contributed by atoms with E-state index in [2.05, 4.69) is 39.3 Å². The quantitative estimate of drug-likeness (QED) is 0.634. The first kappa shape index (κ1) is 16.9. The zero-order valence-electron chi connectivity index (χ0n) is 13.7. The molecule has 0 aliphatic carbocycles. The molecular formula is C14H25NO3Si2. The normalized spacial score (nSPS) is 12.4. The Kier molecular flexibility index (Phi) is 4.50. The Morgan fingerprint density at radius 3 is 1.85 bits per heavy atom. The number of ether oxygens (including phenoxy) is 1. The van der Waals surface area contributed by atoms with Crippen LogP contribution in [-0.4, -0.2) is 39.7 Å². The van der Waals surface area contributed by atoms with Gasteiger partial charge < -0.3 is 4.74 Å². The number of rotatable bonds is 3. The van der Waals surface area contributed by atoms with Crippen molar-refractivity contribution >= 4 is 38.5 Å². The maximum absolute atomic E-state index is 12.1. The predicted molar refractivity (Wildman–Crippen MR) is 88.0 cm³/mol. The van der Waals surface area contributed by atoms with Gasteiger partial charge >= 0.3 is 5.97 Å². The monoisotopic (exact) mass is 311 g/mol. The third kappa shape index (κ3) is 3.12. The predicted octanol–water partition coefficient (Wildman–Crippen LogP) is 2.03. The molecule has 0 spiro atoms. The molecular weight excluding hydrogens is 286 g/mol. The van der Waals surface area contributed by atoms with Crippen molar-refractivity contribution in [3.8, 4) is 0 Å². The molecule has 0 atom stereocenters. The number of carbonyl (C=O) groups is 2. The summed E-state index contributed by atoms with van der Waals surface area (Å²) in [5, 5.41) is 2.27. The van der Waals surface area contributed by atoms with Crippen LogP contribution in [0.5, 0.6) is 0 Å². The van der Waals surface area contributed by atoms with Crippen molar-refractivity contribution < 1.29 is 14.3 Å². The van der Waals surface area contributed by atoms with Crippen molar-refractivity contribution in [3.63, 3.8) is 0 Å². The van der Waals surface area contributed by atoms with Gasteiger partial charge in [0.2, 0.25) is 5.91 Å². The molecule has 1 heterocycles. The summed E-state index contributed by atoms with van der Waals surface area (Å²) >= 11 is 0. The van der Waals surface area contributed by atoms with E-state index in [1.165, 1.54) is 19.2 Å². The molecule has 0 bridgehead atoms. The highest BCUT2D eigenvalue weighted by molar-refractivity contribution is 6.98. The fraction of sp³-hybridized carbons (Fsp3) is 0.571. The van der Waals surface area contributed by atoms with Crippen LogP contribution in [0.15, 0.2) is 6.07 Å². The summed E-state index contributed by atoms with van der Waals surface area (Å²) in [6, 6.07) is 1.88. The minimum Gasteiger partial charge on any atom is -0.464 e. The van der Waals surface area contributed by atoms with Crippen LogP contribution in [0.1, 0.15) is 22.2 Å². The van der Waals surface area contributed by atoms with Crippen molar-refractivity contribution in [2.45, 2.75) is 46.2 Å². The summed E-state index contributed by atoms with van der Waals surface area (Å²) in [4.78, 5) is 24.1. The fourth-order valence-electron chi connectivity index (χ4n) is 2.40. The van der Waals surface area contributed by atoms with Gasteiger partial charge in [-0.3, -0.25) is 9.36 Å². The highest BCUT2D eigenvalue weighted by Gasteiger charge is 2.35. The molecule has 20 heavy (non-hydrogen) atoms. The highest BCUT2D eigenvalue weighted by atomic mass is 28.3. The molecule has 0 saturated heterocycles. The van der Waals surface area contributed by atoms with E-state index < -0.39 is 22.1 Å². The molecule has 0 aromatic carbocycles. The molecule has 1 aromatic heterocycles. The van der Waals surface area contributed by atoms with Gasteiger partial charge in [-0.1, -0.05) is 39.3 Å². The molecule has 0 radical (unpaired) electrons. The van der Waals surface area contributed by atoms with Gasteiger partial charge in [-0.15, -0.1) is 0 Å². The van der Waals surface area contributed by atoms with Crippen LogP contribution in [-0.2, 0) is 4.74 Å². The van der Waals surface area contributed by atoms with E-state index in [-0.39, 0.29) is 5.91 Å². The number of methoxy groups -OCH3 is 1. The summed E-state index contributed by atoms with van der Waals surface area (Å²) in [7, 11) is -2.06. The Balaban J connectivity index is 3.80. The Morgan fingerprint density at radius 2 is 1.55 bits per heavy atom. The summed E-state index contributed by atoms with van der Waals surface area (Å²) in [5.74, 6) is -0.559. The van der Waals surface area contributed by atoms with E-state index in [0.717, 1.165) is 5.32 Å². The second-order valence-corrected chi connectivity index (χ2v) is 17.2. The lowest BCUT2D eigenvalue weighted by Gasteiger charge is -2.26. The van der Waals surface area contributed by atoms with Crippen LogP contribution in [0.3, 0.4) is 0 Å². The maximum Gasteiger partial charge on any atom is 0.355 e. The lowest BCUT2D eigenvalue weighted by atomic mass is 10.4. The zero-order valence-corrected chi connectivity index (χ0v) is 15.7. The van der Waals surface area contributed by atoms with Crippen LogP contribution >= 0.6 is 0 Å². The number of aromatic nitrogens is 1. The van der Waals surface area contributed by atoms with Crippen molar-refractivity contribution in [2.75, 3.05) is 7.11 Å². The molecule has 1 rings (SSSR count).